The molecule has 5 atom stereocenters. The second kappa shape index (κ2) is 10.8. The fourth-order valence-electron chi connectivity index (χ4n) is 4.73. The van der Waals surface area contributed by atoms with Crippen molar-refractivity contribution < 1.29 is 33.1 Å². The zero-order valence-corrected chi connectivity index (χ0v) is 26.3. The largest absolute Gasteiger partial charge is 0.494 e. The fraction of sp³-hybridized carbons (Fsp3) is 0.742. The van der Waals surface area contributed by atoms with Crippen LogP contribution in [-0.2, 0) is 33.1 Å². The highest BCUT2D eigenvalue weighted by molar-refractivity contribution is 6.62. The van der Waals surface area contributed by atoms with E-state index in [4.69, 9.17) is 23.5 Å². The van der Waals surface area contributed by atoms with Crippen molar-refractivity contribution in [3.8, 4) is 0 Å². The van der Waals surface area contributed by atoms with Crippen LogP contribution in [0.2, 0.25) is 0 Å². The van der Waals surface area contributed by atoms with Gasteiger partial charge < -0.3 is 23.5 Å². The van der Waals surface area contributed by atoms with Crippen molar-refractivity contribution in [2.45, 2.75) is 120 Å². The van der Waals surface area contributed by atoms with Crippen LogP contribution in [0.3, 0.4) is 0 Å². The zero-order valence-electron chi connectivity index (χ0n) is 26.3. The van der Waals surface area contributed by atoms with Crippen molar-refractivity contribution in [1.82, 2.24) is 0 Å². The van der Waals surface area contributed by atoms with Crippen LogP contribution in [0.4, 0.5) is 0 Å². The third-order valence-corrected chi connectivity index (χ3v) is 8.53. The first-order valence-electron chi connectivity index (χ1n) is 14.2. The van der Waals surface area contributed by atoms with Gasteiger partial charge in [0, 0.05) is 5.92 Å². The van der Waals surface area contributed by atoms with Crippen LogP contribution in [0.15, 0.2) is 18.2 Å². The Balaban J connectivity index is 1.93. The molecule has 0 N–H and O–H groups in total. The van der Waals surface area contributed by atoms with Gasteiger partial charge in [0.1, 0.15) is 18.8 Å². The van der Waals surface area contributed by atoms with E-state index in [9.17, 15) is 9.59 Å². The van der Waals surface area contributed by atoms with E-state index >= 15 is 0 Å². The summed E-state index contributed by atoms with van der Waals surface area (Å²) in [6.45, 7) is 25.5. The summed E-state index contributed by atoms with van der Waals surface area (Å²) >= 11 is 0. The van der Waals surface area contributed by atoms with Crippen LogP contribution in [0.25, 0.3) is 0 Å². The monoisotopic (exact) mass is 544 g/mol. The predicted octanol–water partition coefficient (Wildman–Crippen LogP) is 5.55. The Morgan fingerprint density at radius 3 is 1.92 bits per heavy atom. The molecule has 0 aromatic heterocycles. The van der Waals surface area contributed by atoms with Crippen LogP contribution < -0.4 is 5.46 Å². The molecule has 0 amide bonds. The van der Waals surface area contributed by atoms with Gasteiger partial charge in [0.25, 0.3) is 0 Å². The second-order valence-electron chi connectivity index (χ2n) is 14.5. The summed E-state index contributed by atoms with van der Waals surface area (Å²) in [4.78, 5) is 25.5. The number of carbonyl (C=O) groups excluding carboxylic acids is 2. The van der Waals surface area contributed by atoms with Crippen LogP contribution in [-0.4, -0.2) is 49.1 Å². The Morgan fingerprint density at radius 1 is 0.897 bits per heavy atom. The van der Waals surface area contributed by atoms with Crippen molar-refractivity contribution in [3.05, 3.63) is 29.3 Å². The molecule has 2 fully saturated rings. The maximum absolute atomic E-state index is 13.0. The molecule has 0 radical (unpaired) electrons. The molecule has 0 bridgehead atoms. The molecule has 0 saturated carbocycles. The average molecular weight is 545 g/mol. The van der Waals surface area contributed by atoms with E-state index in [2.05, 4.69) is 19.9 Å². The number of esters is 2. The summed E-state index contributed by atoms with van der Waals surface area (Å²) in [6.07, 6.45) is -1.36. The Morgan fingerprint density at radius 2 is 1.44 bits per heavy atom. The molecule has 2 heterocycles. The molecule has 0 spiro atoms. The van der Waals surface area contributed by atoms with Gasteiger partial charge in [0.2, 0.25) is 0 Å². The first-order valence-corrected chi connectivity index (χ1v) is 14.2. The number of hydrogen-bond donors (Lipinski definition) is 0. The third kappa shape index (κ3) is 6.71. The standard InChI is InChI=1S/C31H49BO7/c1-18-16-21(32-38-30(10,11)31(12,13)39-32)14-15-22(18)25-24(37-27(34)29(7,8)9)20(3)19(2)23(36-25)17-35-26(33)28(4,5)6/h14-16,19-20,23-25H,17H2,1-13H3/t19-,20-,23+,24-,25+/m0/s1. The van der Waals surface area contributed by atoms with Crippen molar-refractivity contribution in [2.24, 2.45) is 22.7 Å². The van der Waals surface area contributed by atoms with Gasteiger partial charge in [-0.15, -0.1) is 0 Å². The van der Waals surface area contributed by atoms with Gasteiger partial charge in [-0.05, 0) is 98.7 Å². The lowest BCUT2D eigenvalue weighted by Gasteiger charge is -2.45. The van der Waals surface area contributed by atoms with Gasteiger partial charge in [-0.2, -0.15) is 0 Å². The molecule has 8 heteroatoms. The molecule has 0 aliphatic carbocycles. The third-order valence-electron chi connectivity index (χ3n) is 8.53. The molecule has 2 aliphatic rings. The first kappa shape index (κ1) is 31.6. The lowest BCUT2D eigenvalue weighted by Crippen LogP contribution is -2.50. The highest BCUT2D eigenvalue weighted by Gasteiger charge is 2.52. The van der Waals surface area contributed by atoms with Crippen LogP contribution in [0.1, 0.15) is 100 Å². The molecule has 1 aromatic carbocycles. The topological polar surface area (TPSA) is 80.3 Å². The van der Waals surface area contributed by atoms with Gasteiger partial charge in [0.05, 0.1) is 28.1 Å². The minimum absolute atomic E-state index is 0.00359. The van der Waals surface area contributed by atoms with Crippen molar-refractivity contribution >= 4 is 24.5 Å². The number of ether oxygens (including phenoxy) is 3. The Kier molecular flexibility index (Phi) is 8.78. The lowest BCUT2D eigenvalue weighted by atomic mass is 9.75. The summed E-state index contributed by atoms with van der Waals surface area (Å²) < 4.78 is 31.0. The van der Waals surface area contributed by atoms with Gasteiger partial charge >= 0.3 is 19.1 Å². The highest BCUT2D eigenvalue weighted by atomic mass is 16.7. The van der Waals surface area contributed by atoms with Crippen LogP contribution in [0, 0.1) is 29.6 Å². The molecule has 2 saturated heterocycles. The predicted molar refractivity (Wildman–Crippen MR) is 153 cm³/mol. The smallest absolute Gasteiger partial charge is 0.463 e. The van der Waals surface area contributed by atoms with Gasteiger partial charge in [0.15, 0.2) is 0 Å². The van der Waals surface area contributed by atoms with E-state index in [0.717, 1.165) is 16.6 Å². The normalized spacial score (nSPS) is 28.7. The molecule has 1 aromatic rings. The van der Waals surface area contributed by atoms with Crippen LogP contribution >= 0.6 is 0 Å². The highest BCUT2D eigenvalue weighted by Crippen LogP contribution is 2.43. The molecule has 39 heavy (non-hydrogen) atoms. The minimum Gasteiger partial charge on any atom is -0.463 e. The minimum atomic E-state index is -0.651. The number of hydrogen-bond acceptors (Lipinski definition) is 7. The van der Waals surface area contributed by atoms with Crippen molar-refractivity contribution in [2.75, 3.05) is 6.61 Å². The van der Waals surface area contributed by atoms with Gasteiger partial charge in [-0.25, -0.2) is 0 Å². The SMILES string of the molecule is Cc1cc(B2OC(C)(C)C(C)(C)O2)ccc1[C@H]1O[C@H](COC(=O)C(C)(C)C)[C@@H](C)[C@H](C)[C@@H]1OC(=O)C(C)(C)C. The summed E-state index contributed by atoms with van der Waals surface area (Å²) in [5.41, 5.74) is 0.698. The maximum atomic E-state index is 13.0. The van der Waals surface area contributed by atoms with E-state index in [0.29, 0.717) is 0 Å². The molecule has 0 unspecified atom stereocenters. The van der Waals surface area contributed by atoms with E-state index in [-0.39, 0.29) is 36.5 Å². The molecule has 7 nitrogen and oxygen atoms in total. The summed E-state index contributed by atoms with van der Waals surface area (Å²) in [7, 11) is -0.479. The van der Waals surface area contributed by atoms with Crippen LogP contribution in [0.5, 0.6) is 0 Å². The molecule has 2 aliphatic heterocycles. The second-order valence-corrected chi connectivity index (χ2v) is 14.5. The number of rotatable bonds is 5. The van der Waals surface area contributed by atoms with Gasteiger partial charge in [-0.3, -0.25) is 9.59 Å². The lowest BCUT2D eigenvalue weighted by molar-refractivity contribution is -0.212. The van der Waals surface area contributed by atoms with E-state index in [1.807, 2.05) is 88.3 Å². The molecular formula is C31H49BO7. The Labute approximate surface area is 235 Å². The summed E-state index contributed by atoms with van der Waals surface area (Å²) in [5.74, 6) is -0.581. The Bertz CT molecular complexity index is 1050. The average Bonchev–Trinajstić information content (AvgIpc) is 3.01. The first-order chi connectivity index (χ1) is 17.7. The number of aryl methyl sites for hydroxylation is 1. The number of benzene rings is 1. The van der Waals surface area contributed by atoms with Crippen molar-refractivity contribution in [1.29, 1.82) is 0 Å². The van der Waals surface area contributed by atoms with Crippen molar-refractivity contribution in [3.63, 3.8) is 0 Å². The molecule has 218 valence electrons. The summed E-state index contributed by atoms with van der Waals surface area (Å²) in [5, 5.41) is 0. The summed E-state index contributed by atoms with van der Waals surface area (Å²) in [6, 6.07) is 6.06. The molecule has 3 rings (SSSR count). The quantitative estimate of drug-likeness (QED) is 0.355. The van der Waals surface area contributed by atoms with E-state index in [1.54, 1.807) is 0 Å². The van der Waals surface area contributed by atoms with E-state index in [1.165, 1.54) is 0 Å². The Hall–Kier alpha value is -1.90. The molecular weight excluding hydrogens is 495 g/mol. The van der Waals surface area contributed by atoms with Gasteiger partial charge in [-0.1, -0.05) is 32.0 Å². The zero-order chi connectivity index (χ0) is 29.7. The maximum Gasteiger partial charge on any atom is 0.494 e. The number of carbonyl (C=O) groups is 2. The fourth-order valence-corrected chi connectivity index (χ4v) is 4.73. The van der Waals surface area contributed by atoms with E-state index < -0.39 is 41.4 Å².